The van der Waals surface area contributed by atoms with Crippen LogP contribution in [0.15, 0.2) is 35.4 Å². The summed E-state index contributed by atoms with van der Waals surface area (Å²) in [4.78, 5) is 28.9. The summed E-state index contributed by atoms with van der Waals surface area (Å²) in [5.41, 5.74) is 0.698. The van der Waals surface area contributed by atoms with Crippen LogP contribution in [0.5, 0.6) is 0 Å². The molecular weight excluding hydrogens is 402 g/mol. The number of para-hydroxylation sites is 1. The molecule has 8 heteroatoms. The Morgan fingerprint density at radius 1 is 0.967 bits per heavy atom. The fraction of sp³-hybridized carbons (Fsp3) is 0.545. The van der Waals surface area contributed by atoms with Crippen molar-refractivity contribution in [2.75, 3.05) is 31.9 Å². The van der Waals surface area contributed by atoms with Gasteiger partial charge in [-0.15, -0.1) is 0 Å². The highest BCUT2D eigenvalue weighted by molar-refractivity contribution is 7.92. The maximum atomic E-state index is 13.1. The minimum absolute atomic E-state index is 0.000237. The number of aromatic nitrogens is 1. The van der Waals surface area contributed by atoms with Crippen molar-refractivity contribution in [3.63, 3.8) is 0 Å². The van der Waals surface area contributed by atoms with E-state index >= 15 is 0 Å². The number of piperidine rings is 1. The van der Waals surface area contributed by atoms with Crippen molar-refractivity contribution in [3.8, 4) is 0 Å². The van der Waals surface area contributed by atoms with Crippen LogP contribution in [0.4, 0.5) is 0 Å². The molecule has 7 nitrogen and oxygen atoms in total. The lowest BCUT2D eigenvalue weighted by atomic mass is 9.99. The predicted molar refractivity (Wildman–Crippen MR) is 115 cm³/mol. The van der Waals surface area contributed by atoms with Crippen molar-refractivity contribution in [2.24, 2.45) is 5.92 Å². The Balaban J connectivity index is 1.58. The molecule has 30 heavy (non-hydrogen) atoms. The maximum Gasteiger partial charge on any atom is 0.242 e. The Bertz CT molecular complexity index is 1050. The van der Waals surface area contributed by atoms with Crippen LogP contribution < -0.4 is 0 Å². The number of hydrogen-bond acceptors (Lipinski definition) is 4. The van der Waals surface area contributed by atoms with E-state index in [4.69, 9.17) is 0 Å². The molecular formula is C22H29N3O4S. The molecule has 1 aromatic carbocycles. The molecule has 2 saturated heterocycles. The van der Waals surface area contributed by atoms with Crippen molar-refractivity contribution in [1.29, 1.82) is 0 Å². The minimum Gasteiger partial charge on any atom is -0.342 e. The molecule has 0 aliphatic carbocycles. The number of rotatable bonds is 5. The van der Waals surface area contributed by atoms with Crippen LogP contribution in [0.1, 0.15) is 32.6 Å². The highest BCUT2D eigenvalue weighted by Crippen LogP contribution is 2.27. The van der Waals surface area contributed by atoms with Gasteiger partial charge >= 0.3 is 0 Å². The average Bonchev–Trinajstić information content (AvgIpc) is 3.37. The Labute approximate surface area is 177 Å². The molecule has 0 bridgehead atoms. The van der Waals surface area contributed by atoms with Crippen LogP contribution >= 0.6 is 0 Å². The zero-order chi connectivity index (χ0) is 21.3. The lowest BCUT2D eigenvalue weighted by Crippen LogP contribution is -2.39. The number of hydrogen-bond donors (Lipinski definition) is 0. The number of likely N-dealkylation sites (tertiary alicyclic amines) is 2. The third-order valence-electron chi connectivity index (χ3n) is 6.30. The molecule has 162 valence electrons. The monoisotopic (exact) mass is 431 g/mol. The summed E-state index contributed by atoms with van der Waals surface area (Å²) in [6.45, 7) is 5.04. The number of fused-ring (bicyclic) bond motifs is 1. The molecule has 2 fully saturated rings. The summed E-state index contributed by atoms with van der Waals surface area (Å²) in [6, 6.07) is 7.17. The van der Waals surface area contributed by atoms with Gasteiger partial charge < -0.3 is 14.4 Å². The number of benzene rings is 1. The molecule has 1 aromatic heterocycles. The highest BCUT2D eigenvalue weighted by Gasteiger charge is 2.29. The fourth-order valence-corrected chi connectivity index (χ4v) is 5.85. The van der Waals surface area contributed by atoms with Gasteiger partial charge in [0.05, 0.1) is 4.90 Å². The van der Waals surface area contributed by atoms with E-state index in [1.807, 2.05) is 17.0 Å². The lowest BCUT2D eigenvalue weighted by Gasteiger charge is -2.30. The summed E-state index contributed by atoms with van der Waals surface area (Å²) in [5.74, 6) is -0.243. The zero-order valence-electron chi connectivity index (χ0n) is 17.4. The predicted octanol–water partition coefficient (Wildman–Crippen LogP) is 2.30. The van der Waals surface area contributed by atoms with Crippen LogP contribution in [0.2, 0.25) is 0 Å². The van der Waals surface area contributed by atoms with Gasteiger partial charge in [0, 0.05) is 43.3 Å². The van der Waals surface area contributed by atoms with Gasteiger partial charge in [0.2, 0.25) is 11.8 Å². The Morgan fingerprint density at radius 3 is 2.30 bits per heavy atom. The molecule has 0 atom stereocenters. The van der Waals surface area contributed by atoms with Gasteiger partial charge in [0.1, 0.15) is 12.3 Å². The lowest BCUT2D eigenvalue weighted by molar-refractivity contribution is -0.133. The molecule has 0 saturated carbocycles. The third kappa shape index (κ3) is 4.24. The van der Waals surface area contributed by atoms with Crippen molar-refractivity contribution >= 4 is 32.6 Å². The fourth-order valence-electron chi connectivity index (χ4n) is 4.39. The number of amides is 2. The van der Waals surface area contributed by atoms with Crippen molar-refractivity contribution < 1.29 is 18.0 Å². The minimum atomic E-state index is -3.81. The summed E-state index contributed by atoms with van der Waals surface area (Å²) in [5, 5.41) is 0.562. The second-order valence-electron chi connectivity index (χ2n) is 8.55. The van der Waals surface area contributed by atoms with E-state index in [9.17, 15) is 18.0 Å². The average molecular weight is 432 g/mol. The summed E-state index contributed by atoms with van der Waals surface area (Å²) in [6.07, 6.45) is 5.36. The number of carbonyl (C=O) groups is 2. The summed E-state index contributed by atoms with van der Waals surface area (Å²) < 4.78 is 27.9. The van der Waals surface area contributed by atoms with Gasteiger partial charge in [-0.25, -0.2) is 8.42 Å². The van der Waals surface area contributed by atoms with E-state index in [1.54, 1.807) is 21.6 Å². The number of carbonyl (C=O) groups excluding carboxylic acids is 2. The van der Waals surface area contributed by atoms with E-state index in [0.29, 0.717) is 29.9 Å². The topological polar surface area (TPSA) is 79.7 Å². The molecule has 2 aliphatic heterocycles. The third-order valence-corrected chi connectivity index (χ3v) is 7.92. The standard InChI is InChI=1S/C22H29N3O4S/c1-17-8-12-24(13-9-17)21(26)15-25-14-20(18-6-2-3-7-19(18)25)30(28,29)16-22(27)23-10-4-5-11-23/h2-3,6-7,14,17H,4-5,8-13,15-16H2,1H3. The van der Waals surface area contributed by atoms with E-state index in [1.165, 1.54) is 6.20 Å². The van der Waals surface area contributed by atoms with Gasteiger partial charge in [-0.2, -0.15) is 0 Å². The van der Waals surface area contributed by atoms with Crippen LogP contribution in [0.3, 0.4) is 0 Å². The first-order chi connectivity index (χ1) is 14.3. The number of sulfone groups is 1. The first-order valence-corrected chi connectivity index (χ1v) is 12.4. The highest BCUT2D eigenvalue weighted by atomic mass is 32.2. The summed E-state index contributed by atoms with van der Waals surface area (Å²) in [7, 11) is -3.81. The Kier molecular flexibility index (Phi) is 5.86. The van der Waals surface area contributed by atoms with Crippen LogP contribution in [-0.4, -0.2) is 66.5 Å². The van der Waals surface area contributed by atoms with Crippen LogP contribution in [0, 0.1) is 5.92 Å². The molecule has 3 heterocycles. The number of nitrogens with zero attached hydrogens (tertiary/aromatic N) is 3. The smallest absolute Gasteiger partial charge is 0.242 e. The second-order valence-corrected chi connectivity index (χ2v) is 10.5. The largest absolute Gasteiger partial charge is 0.342 e. The maximum absolute atomic E-state index is 13.1. The van der Waals surface area contributed by atoms with Gasteiger partial charge in [0.25, 0.3) is 0 Å². The summed E-state index contributed by atoms with van der Waals surface area (Å²) >= 11 is 0. The van der Waals surface area contributed by atoms with E-state index in [0.717, 1.165) is 38.8 Å². The van der Waals surface area contributed by atoms with Crippen molar-refractivity contribution in [2.45, 2.75) is 44.0 Å². The molecule has 0 N–H and O–H groups in total. The van der Waals surface area contributed by atoms with E-state index in [-0.39, 0.29) is 23.3 Å². The molecule has 0 unspecified atom stereocenters. The van der Waals surface area contributed by atoms with Crippen molar-refractivity contribution in [1.82, 2.24) is 14.4 Å². The van der Waals surface area contributed by atoms with E-state index < -0.39 is 15.6 Å². The SMILES string of the molecule is CC1CCN(C(=O)Cn2cc(S(=O)(=O)CC(=O)N3CCCC3)c3ccccc32)CC1. The molecule has 2 aliphatic rings. The molecule has 2 amide bonds. The first kappa shape index (κ1) is 20.9. The second kappa shape index (κ2) is 8.41. The van der Waals surface area contributed by atoms with Crippen LogP contribution in [-0.2, 0) is 26.0 Å². The normalized spacial score (nSPS) is 18.3. The quantitative estimate of drug-likeness (QED) is 0.728. The van der Waals surface area contributed by atoms with Crippen molar-refractivity contribution in [3.05, 3.63) is 30.5 Å². The molecule has 0 spiro atoms. The van der Waals surface area contributed by atoms with Gasteiger partial charge in [-0.1, -0.05) is 25.1 Å². The van der Waals surface area contributed by atoms with Gasteiger partial charge in [-0.05, 0) is 37.7 Å². The molecule has 2 aromatic rings. The van der Waals surface area contributed by atoms with Crippen LogP contribution in [0.25, 0.3) is 10.9 Å². The van der Waals surface area contributed by atoms with E-state index in [2.05, 4.69) is 6.92 Å². The Hall–Kier alpha value is -2.35. The molecule has 4 rings (SSSR count). The van der Waals surface area contributed by atoms with Gasteiger partial charge in [-0.3, -0.25) is 9.59 Å². The Morgan fingerprint density at radius 2 is 1.60 bits per heavy atom. The van der Waals surface area contributed by atoms with Gasteiger partial charge in [0.15, 0.2) is 9.84 Å². The zero-order valence-corrected chi connectivity index (χ0v) is 18.2. The first-order valence-electron chi connectivity index (χ1n) is 10.7. The molecule has 0 radical (unpaired) electrons.